The number of esters is 2. The molecule has 0 aromatic heterocycles. The lowest BCUT2D eigenvalue weighted by Crippen LogP contribution is -2.44. The molecule has 0 aliphatic rings. The van der Waals surface area contributed by atoms with Crippen molar-refractivity contribution in [1.82, 2.24) is 0 Å². The van der Waals surface area contributed by atoms with Crippen LogP contribution >= 0.6 is 0 Å². The molecule has 0 aromatic carbocycles. The SMILES string of the molecule is CC/C=C\C/C=C\C/C=C\C/C=C\C/C=C\C/C=C\C/C=C\C/C=C\C/C=C\C/C=C\C/C=C\CCCCCCCC(=O)OC(COC(=O)CCCCCCCCCCCCCCCCCCCCCCCCCCCCCCCC)COC(OCC[N+](C)(C)C)C(=O)[O-]. The van der Waals surface area contributed by atoms with Gasteiger partial charge in [-0.25, -0.2) is 0 Å². The monoisotopic (exact) mass is 1310 g/mol. The van der Waals surface area contributed by atoms with E-state index in [1.807, 2.05) is 21.1 Å². The minimum atomic E-state index is -1.63. The quantitative estimate of drug-likeness (QED) is 0.0195. The van der Waals surface area contributed by atoms with Gasteiger partial charge in [-0.2, -0.15) is 0 Å². The van der Waals surface area contributed by atoms with E-state index in [9.17, 15) is 19.5 Å². The highest BCUT2D eigenvalue weighted by Crippen LogP contribution is 2.18. The number of nitrogens with zero attached hydrogens (tertiary/aromatic N) is 1. The Labute approximate surface area is 580 Å². The molecule has 0 saturated heterocycles. The maximum absolute atomic E-state index is 13.0. The van der Waals surface area contributed by atoms with Gasteiger partial charge >= 0.3 is 11.9 Å². The molecule has 0 heterocycles. The molecule has 0 aliphatic carbocycles. The molecule has 0 spiro atoms. The number of carbonyl (C=O) groups is 3. The third-order valence-electron chi connectivity index (χ3n) is 16.7. The second kappa shape index (κ2) is 74.2. The first-order valence-electron chi connectivity index (χ1n) is 38.8. The van der Waals surface area contributed by atoms with Gasteiger partial charge in [-0.05, 0) is 96.3 Å². The van der Waals surface area contributed by atoms with Gasteiger partial charge in [0.2, 0.25) is 0 Å². The first kappa shape index (κ1) is 89.4. The van der Waals surface area contributed by atoms with Gasteiger partial charge in [0.15, 0.2) is 12.4 Å². The van der Waals surface area contributed by atoms with Crippen molar-refractivity contribution in [3.8, 4) is 0 Å². The Morgan fingerprint density at radius 1 is 0.330 bits per heavy atom. The summed E-state index contributed by atoms with van der Waals surface area (Å²) in [6.45, 7) is 4.64. The number of carbonyl (C=O) groups excluding carboxylic acids is 3. The maximum atomic E-state index is 13.0. The van der Waals surface area contributed by atoms with Crippen LogP contribution in [-0.4, -0.2) is 82.3 Å². The van der Waals surface area contributed by atoms with E-state index in [2.05, 4.69) is 148 Å². The van der Waals surface area contributed by atoms with Crippen molar-refractivity contribution in [2.45, 2.75) is 341 Å². The Morgan fingerprint density at radius 2 is 0.606 bits per heavy atom. The summed E-state index contributed by atoms with van der Waals surface area (Å²) in [5.41, 5.74) is 0. The molecular weight excluding hydrogens is 1160 g/mol. The van der Waals surface area contributed by atoms with E-state index >= 15 is 0 Å². The molecule has 0 radical (unpaired) electrons. The molecule has 0 aromatic rings. The lowest BCUT2D eigenvalue weighted by molar-refractivity contribution is -0.870. The van der Waals surface area contributed by atoms with Crippen LogP contribution in [-0.2, 0) is 33.3 Å². The van der Waals surface area contributed by atoms with Gasteiger partial charge in [-0.3, -0.25) is 9.59 Å². The number of rotatable bonds is 71. The predicted molar refractivity (Wildman–Crippen MR) is 403 cm³/mol. The molecule has 0 bridgehead atoms. The second-order valence-electron chi connectivity index (χ2n) is 26.9. The summed E-state index contributed by atoms with van der Waals surface area (Å²) >= 11 is 0. The largest absolute Gasteiger partial charge is 0.545 e. The Kier molecular flexibility index (Phi) is 70.6. The molecule has 0 fully saturated rings. The van der Waals surface area contributed by atoms with Crippen molar-refractivity contribution in [2.75, 3.05) is 47.5 Å². The summed E-state index contributed by atoms with van der Waals surface area (Å²) in [6.07, 6.45) is 104. The van der Waals surface area contributed by atoms with Gasteiger partial charge in [0.05, 0.1) is 40.3 Å². The lowest BCUT2D eigenvalue weighted by atomic mass is 10.0. The molecule has 0 N–H and O–H groups in total. The van der Waals surface area contributed by atoms with E-state index in [0.29, 0.717) is 17.4 Å². The molecule has 0 rings (SSSR count). The van der Waals surface area contributed by atoms with E-state index in [1.54, 1.807) is 0 Å². The number of likely N-dealkylation sites (N-methyl/N-ethyl adjacent to an activating group) is 1. The van der Waals surface area contributed by atoms with Crippen LogP contribution in [0.3, 0.4) is 0 Å². The van der Waals surface area contributed by atoms with Crippen molar-refractivity contribution in [1.29, 1.82) is 0 Å². The number of unbranched alkanes of at least 4 members (excludes halogenated alkanes) is 34. The average Bonchev–Trinajstić information content (AvgIpc) is 3.76. The maximum Gasteiger partial charge on any atom is 0.306 e. The van der Waals surface area contributed by atoms with Crippen molar-refractivity contribution in [3.63, 3.8) is 0 Å². The number of carboxylic acids is 1. The minimum Gasteiger partial charge on any atom is -0.545 e. The van der Waals surface area contributed by atoms with Crippen LogP contribution in [0.5, 0.6) is 0 Å². The molecule has 2 atom stereocenters. The number of carboxylic acid groups (broad SMARTS) is 1. The first-order chi connectivity index (χ1) is 46.1. The fourth-order valence-electron chi connectivity index (χ4n) is 10.8. The highest BCUT2D eigenvalue weighted by molar-refractivity contribution is 5.70. The van der Waals surface area contributed by atoms with Crippen molar-refractivity contribution in [3.05, 3.63) is 134 Å². The molecule has 9 heteroatoms. The van der Waals surface area contributed by atoms with Gasteiger partial charge in [0, 0.05) is 12.8 Å². The summed E-state index contributed by atoms with van der Waals surface area (Å²) in [4.78, 5) is 37.6. The van der Waals surface area contributed by atoms with Crippen LogP contribution in [0.15, 0.2) is 134 Å². The molecule has 538 valence electrons. The summed E-state index contributed by atoms with van der Waals surface area (Å²) in [7, 11) is 5.92. The third-order valence-corrected chi connectivity index (χ3v) is 16.7. The number of hydrogen-bond donors (Lipinski definition) is 0. The minimum absolute atomic E-state index is 0.139. The zero-order valence-electron chi connectivity index (χ0n) is 61.5. The fourth-order valence-corrected chi connectivity index (χ4v) is 10.8. The number of hydrogen-bond acceptors (Lipinski definition) is 8. The standard InChI is InChI=1S/C85H145NO8/c1-6-8-10-12-14-16-18-20-22-24-26-28-30-32-34-36-38-39-40-41-42-43-44-45-46-48-50-52-54-56-58-60-62-64-66-68-70-72-74-76-83(88)94-81(80-93-85(84(89)90)91-78-77-86(3,4)5)79-92-82(87)75-73-71-69-67-65-63-61-59-57-55-53-51-49-47-37-35-33-31-29-27-25-23-21-19-17-15-13-11-9-7-2/h8,10,14,16,20,22,26,28,32,34,38-39,41-42,44-45,48,50,54,56,60,62,81,85H,6-7,9,11-13,15,17-19,21,23-25,27,29-31,33,35-37,40,43,46-47,49,51-53,55,57-59,61,63-80H2,1-5H3/b10-8-,16-14-,22-20-,28-26-,34-32-,39-38-,42-41-,45-44-,50-48-,56-54-,62-60-. The van der Waals surface area contributed by atoms with Crippen LogP contribution in [0.25, 0.3) is 0 Å². The predicted octanol–water partition coefficient (Wildman–Crippen LogP) is 23.5. The fraction of sp³-hybridized carbons (Fsp3) is 0.706. The molecule has 94 heavy (non-hydrogen) atoms. The summed E-state index contributed by atoms with van der Waals surface area (Å²) in [6, 6.07) is 0. The zero-order valence-corrected chi connectivity index (χ0v) is 61.5. The molecule has 0 amide bonds. The van der Waals surface area contributed by atoms with Crippen LogP contribution in [0.4, 0.5) is 0 Å². The lowest BCUT2D eigenvalue weighted by Gasteiger charge is -2.26. The summed E-state index contributed by atoms with van der Waals surface area (Å²) in [5, 5.41) is 11.9. The van der Waals surface area contributed by atoms with Crippen molar-refractivity contribution >= 4 is 17.9 Å². The van der Waals surface area contributed by atoms with E-state index < -0.39 is 24.3 Å². The number of allylic oxidation sites excluding steroid dienone is 22. The second-order valence-corrected chi connectivity index (χ2v) is 26.9. The number of quaternary nitrogens is 1. The van der Waals surface area contributed by atoms with Crippen LogP contribution in [0, 0.1) is 0 Å². The summed E-state index contributed by atoms with van der Waals surface area (Å²) in [5.74, 6) is -2.31. The van der Waals surface area contributed by atoms with Crippen LogP contribution in [0.2, 0.25) is 0 Å². The molecule has 0 aliphatic heterocycles. The Morgan fingerprint density at radius 3 is 0.904 bits per heavy atom. The highest BCUT2D eigenvalue weighted by atomic mass is 16.7. The van der Waals surface area contributed by atoms with Crippen LogP contribution < -0.4 is 5.11 Å². The molecular formula is C85H145NO8. The Balaban J connectivity index is 4.15. The summed E-state index contributed by atoms with van der Waals surface area (Å²) < 4.78 is 22.8. The van der Waals surface area contributed by atoms with Crippen LogP contribution in [0.1, 0.15) is 328 Å². The highest BCUT2D eigenvalue weighted by Gasteiger charge is 2.22. The van der Waals surface area contributed by atoms with Gasteiger partial charge in [0.1, 0.15) is 13.2 Å². The number of ether oxygens (including phenoxy) is 4. The van der Waals surface area contributed by atoms with Gasteiger partial charge in [-0.15, -0.1) is 0 Å². The van der Waals surface area contributed by atoms with Gasteiger partial charge < -0.3 is 33.3 Å². The third kappa shape index (κ3) is 74.8. The van der Waals surface area contributed by atoms with Crippen molar-refractivity contribution < 1.29 is 42.9 Å². The van der Waals surface area contributed by atoms with E-state index in [1.165, 1.54) is 173 Å². The van der Waals surface area contributed by atoms with Gasteiger partial charge in [-0.1, -0.05) is 353 Å². The molecule has 0 saturated carbocycles. The smallest absolute Gasteiger partial charge is 0.306 e. The first-order valence-corrected chi connectivity index (χ1v) is 38.8. The molecule has 9 nitrogen and oxygen atoms in total. The van der Waals surface area contributed by atoms with Crippen molar-refractivity contribution in [2.24, 2.45) is 0 Å². The Bertz CT molecular complexity index is 2010. The average molecular weight is 1310 g/mol. The van der Waals surface area contributed by atoms with E-state index in [-0.39, 0.29) is 38.6 Å². The molecule has 2 unspecified atom stereocenters. The van der Waals surface area contributed by atoms with Gasteiger partial charge in [0.25, 0.3) is 0 Å². The zero-order chi connectivity index (χ0) is 68.2. The topological polar surface area (TPSA) is 111 Å². The normalized spacial score (nSPS) is 13.4. The Hall–Kier alpha value is -4.57. The van der Waals surface area contributed by atoms with E-state index in [4.69, 9.17) is 18.9 Å². The number of aliphatic carboxylic acids is 1. The van der Waals surface area contributed by atoms with E-state index in [0.717, 1.165) is 122 Å².